The standard InChI is InChI=1S/C12H14FN5O/c1-18-8-15-17-11(18)6-14-7-12(19)16-10-4-2-3-9(13)5-10/h2-5,8,14H,6-7H2,1H3,(H,16,19). The molecule has 2 rings (SSSR count). The van der Waals surface area contributed by atoms with Crippen LogP contribution >= 0.6 is 0 Å². The number of aromatic nitrogens is 3. The SMILES string of the molecule is Cn1cnnc1CNCC(=O)Nc1cccc(F)c1. The van der Waals surface area contributed by atoms with Crippen molar-refractivity contribution in [2.75, 3.05) is 11.9 Å². The van der Waals surface area contributed by atoms with Crippen molar-refractivity contribution < 1.29 is 9.18 Å². The second kappa shape index (κ2) is 6.05. The molecule has 1 amide bonds. The van der Waals surface area contributed by atoms with E-state index in [0.29, 0.717) is 12.2 Å². The number of amides is 1. The lowest BCUT2D eigenvalue weighted by Crippen LogP contribution is -2.28. The molecule has 1 aromatic carbocycles. The van der Waals surface area contributed by atoms with Crippen molar-refractivity contribution in [1.29, 1.82) is 0 Å². The number of anilines is 1. The summed E-state index contributed by atoms with van der Waals surface area (Å²) in [5.41, 5.74) is 0.436. The molecule has 0 radical (unpaired) electrons. The summed E-state index contributed by atoms with van der Waals surface area (Å²) in [5, 5.41) is 13.1. The summed E-state index contributed by atoms with van der Waals surface area (Å²) in [5.74, 6) is 0.108. The molecule has 2 aromatic rings. The van der Waals surface area contributed by atoms with Gasteiger partial charge in [-0.1, -0.05) is 6.07 Å². The van der Waals surface area contributed by atoms with E-state index >= 15 is 0 Å². The number of benzene rings is 1. The highest BCUT2D eigenvalue weighted by Gasteiger charge is 2.04. The first-order chi connectivity index (χ1) is 9.15. The minimum atomic E-state index is -0.384. The first-order valence-corrected chi connectivity index (χ1v) is 5.74. The first-order valence-electron chi connectivity index (χ1n) is 5.74. The Bertz CT molecular complexity index is 569. The lowest BCUT2D eigenvalue weighted by Gasteiger charge is -2.06. The fraction of sp³-hybridized carbons (Fsp3) is 0.250. The Kier molecular flexibility index (Phi) is 4.19. The van der Waals surface area contributed by atoms with Crippen molar-refractivity contribution in [2.24, 2.45) is 7.05 Å². The molecule has 7 heteroatoms. The molecule has 0 fully saturated rings. The second-order valence-corrected chi connectivity index (χ2v) is 4.02. The average molecular weight is 263 g/mol. The van der Waals surface area contributed by atoms with Gasteiger partial charge in [-0.15, -0.1) is 10.2 Å². The van der Waals surface area contributed by atoms with Crippen molar-refractivity contribution in [1.82, 2.24) is 20.1 Å². The van der Waals surface area contributed by atoms with Gasteiger partial charge in [-0.05, 0) is 18.2 Å². The van der Waals surface area contributed by atoms with Gasteiger partial charge in [0.1, 0.15) is 18.0 Å². The van der Waals surface area contributed by atoms with E-state index in [1.54, 1.807) is 17.0 Å². The summed E-state index contributed by atoms with van der Waals surface area (Å²) in [4.78, 5) is 11.6. The molecular formula is C12H14FN5O. The van der Waals surface area contributed by atoms with Crippen LogP contribution in [-0.4, -0.2) is 27.2 Å². The van der Waals surface area contributed by atoms with Crippen LogP contribution in [0.4, 0.5) is 10.1 Å². The number of hydrogen-bond donors (Lipinski definition) is 2. The topological polar surface area (TPSA) is 71.8 Å². The predicted octanol–water partition coefficient (Wildman–Crippen LogP) is 0.682. The van der Waals surface area contributed by atoms with E-state index in [1.807, 2.05) is 7.05 Å². The summed E-state index contributed by atoms with van der Waals surface area (Å²) in [6.07, 6.45) is 1.59. The van der Waals surface area contributed by atoms with Gasteiger partial charge in [-0.25, -0.2) is 4.39 Å². The van der Waals surface area contributed by atoms with E-state index < -0.39 is 0 Å². The van der Waals surface area contributed by atoms with E-state index in [9.17, 15) is 9.18 Å². The monoisotopic (exact) mass is 263 g/mol. The number of aryl methyl sites for hydroxylation is 1. The number of rotatable bonds is 5. The molecule has 6 nitrogen and oxygen atoms in total. The lowest BCUT2D eigenvalue weighted by molar-refractivity contribution is -0.115. The molecule has 100 valence electrons. The minimum absolute atomic E-state index is 0.114. The molecule has 19 heavy (non-hydrogen) atoms. The number of halogens is 1. The smallest absolute Gasteiger partial charge is 0.238 e. The minimum Gasteiger partial charge on any atom is -0.325 e. The van der Waals surface area contributed by atoms with Crippen molar-refractivity contribution >= 4 is 11.6 Å². The number of carbonyl (C=O) groups is 1. The van der Waals surface area contributed by atoms with Gasteiger partial charge in [0, 0.05) is 12.7 Å². The molecule has 1 aromatic heterocycles. The Hall–Kier alpha value is -2.28. The molecular weight excluding hydrogens is 249 g/mol. The Morgan fingerprint density at radius 2 is 2.32 bits per heavy atom. The highest BCUT2D eigenvalue weighted by molar-refractivity contribution is 5.92. The van der Waals surface area contributed by atoms with Crippen LogP contribution in [0, 0.1) is 5.82 Å². The molecule has 0 aliphatic rings. The van der Waals surface area contributed by atoms with Crippen molar-refractivity contribution in [3.05, 3.63) is 42.2 Å². The first kappa shape index (κ1) is 13.2. The highest BCUT2D eigenvalue weighted by Crippen LogP contribution is 2.08. The van der Waals surface area contributed by atoms with Gasteiger partial charge in [0.25, 0.3) is 0 Å². The van der Waals surface area contributed by atoms with Crippen LogP contribution < -0.4 is 10.6 Å². The maximum atomic E-state index is 12.9. The third-order valence-electron chi connectivity index (χ3n) is 2.48. The Balaban J connectivity index is 1.77. The molecule has 0 aliphatic heterocycles. The zero-order valence-electron chi connectivity index (χ0n) is 10.4. The molecule has 0 unspecified atom stereocenters. The Morgan fingerprint density at radius 1 is 1.47 bits per heavy atom. The normalized spacial score (nSPS) is 10.4. The van der Waals surface area contributed by atoms with Crippen LogP contribution in [0.3, 0.4) is 0 Å². The molecule has 0 bridgehead atoms. The van der Waals surface area contributed by atoms with Crippen molar-refractivity contribution in [3.63, 3.8) is 0 Å². The van der Waals surface area contributed by atoms with E-state index in [0.717, 1.165) is 5.82 Å². The summed E-state index contributed by atoms with van der Waals surface area (Å²) in [6, 6.07) is 5.75. The van der Waals surface area contributed by atoms with E-state index in [2.05, 4.69) is 20.8 Å². The van der Waals surface area contributed by atoms with Gasteiger partial charge in [0.05, 0.1) is 13.1 Å². The molecule has 1 heterocycles. The lowest BCUT2D eigenvalue weighted by atomic mass is 10.3. The van der Waals surface area contributed by atoms with Gasteiger partial charge in [0.15, 0.2) is 0 Å². The fourth-order valence-electron chi connectivity index (χ4n) is 1.53. The van der Waals surface area contributed by atoms with E-state index in [4.69, 9.17) is 0 Å². The van der Waals surface area contributed by atoms with Crippen LogP contribution in [0.25, 0.3) is 0 Å². The Labute approximate surface area is 109 Å². The fourth-order valence-corrected chi connectivity index (χ4v) is 1.53. The van der Waals surface area contributed by atoms with Crippen LogP contribution in [0.5, 0.6) is 0 Å². The van der Waals surface area contributed by atoms with Crippen molar-refractivity contribution in [3.8, 4) is 0 Å². The van der Waals surface area contributed by atoms with Gasteiger partial charge in [-0.3, -0.25) is 4.79 Å². The summed E-state index contributed by atoms with van der Waals surface area (Å²) < 4.78 is 14.7. The maximum Gasteiger partial charge on any atom is 0.238 e. The predicted molar refractivity (Wildman–Crippen MR) is 67.7 cm³/mol. The van der Waals surface area contributed by atoms with Crippen LogP contribution in [0.15, 0.2) is 30.6 Å². The average Bonchev–Trinajstić information content (AvgIpc) is 2.75. The molecule has 0 saturated heterocycles. The quantitative estimate of drug-likeness (QED) is 0.832. The van der Waals surface area contributed by atoms with Gasteiger partial charge in [-0.2, -0.15) is 0 Å². The van der Waals surface area contributed by atoms with Crippen molar-refractivity contribution in [2.45, 2.75) is 6.54 Å². The van der Waals surface area contributed by atoms with Crippen LogP contribution in [0.1, 0.15) is 5.82 Å². The van der Waals surface area contributed by atoms with Crippen LogP contribution in [0.2, 0.25) is 0 Å². The van der Waals surface area contributed by atoms with E-state index in [1.165, 1.54) is 18.2 Å². The molecule has 0 atom stereocenters. The number of hydrogen-bond acceptors (Lipinski definition) is 4. The molecule has 0 aliphatic carbocycles. The maximum absolute atomic E-state index is 12.9. The molecule has 0 spiro atoms. The van der Waals surface area contributed by atoms with Crippen LogP contribution in [-0.2, 0) is 18.4 Å². The van der Waals surface area contributed by atoms with Gasteiger partial charge < -0.3 is 15.2 Å². The molecule has 0 saturated carbocycles. The number of carbonyl (C=O) groups excluding carboxylic acids is 1. The number of nitrogens with one attached hydrogen (secondary N) is 2. The third-order valence-corrected chi connectivity index (χ3v) is 2.48. The number of nitrogens with zero attached hydrogens (tertiary/aromatic N) is 3. The second-order valence-electron chi connectivity index (χ2n) is 4.02. The van der Waals surface area contributed by atoms with Gasteiger partial charge in [0.2, 0.25) is 5.91 Å². The zero-order valence-corrected chi connectivity index (χ0v) is 10.4. The largest absolute Gasteiger partial charge is 0.325 e. The summed E-state index contributed by atoms with van der Waals surface area (Å²) in [7, 11) is 1.82. The molecule has 2 N–H and O–H groups in total. The van der Waals surface area contributed by atoms with Gasteiger partial charge >= 0.3 is 0 Å². The summed E-state index contributed by atoms with van der Waals surface area (Å²) >= 11 is 0. The summed E-state index contributed by atoms with van der Waals surface area (Å²) in [6.45, 7) is 0.552. The third kappa shape index (κ3) is 3.85. The Morgan fingerprint density at radius 3 is 3.00 bits per heavy atom. The zero-order chi connectivity index (χ0) is 13.7. The highest BCUT2D eigenvalue weighted by atomic mass is 19.1. The van der Waals surface area contributed by atoms with E-state index in [-0.39, 0.29) is 18.3 Å².